The third-order valence-corrected chi connectivity index (χ3v) is 4.19. The van der Waals surface area contributed by atoms with Crippen LogP contribution in [0.15, 0.2) is 23.8 Å². The van der Waals surface area contributed by atoms with E-state index in [1.807, 2.05) is 26.8 Å². The van der Waals surface area contributed by atoms with Crippen molar-refractivity contribution >= 4 is 5.97 Å². The molecule has 0 saturated heterocycles. The highest BCUT2D eigenvalue weighted by Crippen LogP contribution is 2.21. The van der Waals surface area contributed by atoms with E-state index >= 15 is 0 Å². The highest BCUT2D eigenvalue weighted by atomic mass is 16.5. The Morgan fingerprint density at radius 3 is 2.67 bits per heavy atom. The minimum Gasteiger partial charge on any atom is -0.462 e. The normalized spacial score (nSPS) is 40.6. The number of aliphatic hydroxyl groups is 2. The Hall–Kier alpha value is -1.13. The number of cyclic esters (lactones) is 1. The van der Waals surface area contributed by atoms with Crippen molar-refractivity contribution in [3.8, 4) is 0 Å². The number of hydrogen-bond donors (Lipinski definition) is 2. The van der Waals surface area contributed by atoms with Gasteiger partial charge in [-0.25, -0.2) is 0 Å². The molecule has 0 fully saturated rings. The molecule has 1 aliphatic heterocycles. The van der Waals surface area contributed by atoms with E-state index < -0.39 is 11.7 Å². The molecule has 0 saturated carbocycles. The minimum absolute atomic E-state index is 0.183. The van der Waals surface area contributed by atoms with E-state index in [4.69, 9.17) is 4.74 Å². The Bertz CT molecular complexity index is 409. The highest BCUT2D eigenvalue weighted by molar-refractivity contribution is 5.69. The summed E-state index contributed by atoms with van der Waals surface area (Å²) in [5.74, 6) is -0.0947. The van der Waals surface area contributed by atoms with E-state index in [-0.39, 0.29) is 24.4 Å². The van der Waals surface area contributed by atoms with E-state index in [0.29, 0.717) is 12.8 Å². The second-order valence-electron chi connectivity index (χ2n) is 6.39. The fraction of sp³-hybridized carbons (Fsp3) is 0.706. The molecule has 0 spiro atoms. The monoisotopic (exact) mass is 296 g/mol. The van der Waals surface area contributed by atoms with Gasteiger partial charge in [-0.15, -0.1) is 0 Å². The molecule has 0 aromatic carbocycles. The molecule has 0 amide bonds. The molecule has 0 radical (unpaired) electrons. The molecule has 0 unspecified atom stereocenters. The van der Waals surface area contributed by atoms with Gasteiger partial charge in [0.15, 0.2) is 0 Å². The summed E-state index contributed by atoms with van der Waals surface area (Å²) in [6.07, 6.45) is 6.45. The summed E-state index contributed by atoms with van der Waals surface area (Å²) in [5.41, 5.74) is -0.185. The Morgan fingerprint density at radius 1 is 1.33 bits per heavy atom. The van der Waals surface area contributed by atoms with Crippen LogP contribution in [0, 0.1) is 5.92 Å². The Morgan fingerprint density at radius 2 is 2.00 bits per heavy atom. The number of rotatable bonds is 0. The smallest absolute Gasteiger partial charge is 0.306 e. The van der Waals surface area contributed by atoms with Crippen molar-refractivity contribution in [1.82, 2.24) is 0 Å². The maximum absolute atomic E-state index is 11.8. The first-order valence-corrected chi connectivity index (χ1v) is 7.67. The Kier molecular flexibility index (Phi) is 6.62. The first-order valence-electron chi connectivity index (χ1n) is 7.67. The van der Waals surface area contributed by atoms with Crippen LogP contribution < -0.4 is 0 Å². The van der Waals surface area contributed by atoms with Crippen LogP contribution in [0.5, 0.6) is 0 Å². The van der Waals surface area contributed by atoms with E-state index in [2.05, 4.69) is 0 Å². The average molecular weight is 296 g/mol. The van der Waals surface area contributed by atoms with Crippen molar-refractivity contribution in [1.29, 1.82) is 0 Å². The van der Waals surface area contributed by atoms with Gasteiger partial charge in [0.25, 0.3) is 0 Å². The number of carbonyl (C=O) groups is 1. The Labute approximate surface area is 127 Å². The van der Waals surface area contributed by atoms with Crippen LogP contribution in [-0.4, -0.2) is 34.0 Å². The lowest BCUT2D eigenvalue weighted by atomic mass is 9.94. The summed E-state index contributed by atoms with van der Waals surface area (Å²) in [6.45, 7) is 7.44. The van der Waals surface area contributed by atoms with Gasteiger partial charge < -0.3 is 14.9 Å². The largest absolute Gasteiger partial charge is 0.462 e. The lowest BCUT2D eigenvalue weighted by Crippen LogP contribution is -2.26. The maximum Gasteiger partial charge on any atom is 0.306 e. The number of aliphatic hydroxyl groups excluding tert-OH is 1. The molecule has 0 aliphatic carbocycles. The average Bonchev–Trinajstić information content (AvgIpc) is 2.41. The molecule has 1 aliphatic rings. The van der Waals surface area contributed by atoms with Crippen molar-refractivity contribution in [2.45, 2.75) is 71.2 Å². The molecule has 4 heteroatoms. The molecule has 0 aromatic rings. The van der Waals surface area contributed by atoms with Crippen LogP contribution in [0.4, 0.5) is 0 Å². The number of allylic oxidation sites excluding steroid dienone is 2. The van der Waals surface area contributed by atoms with Crippen LogP contribution in [-0.2, 0) is 9.53 Å². The van der Waals surface area contributed by atoms with Crippen molar-refractivity contribution in [2.24, 2.45) is 5.92 Å². The molecule has 1 heterocycles. The van der Waals surface area contributed by atoms with Gasteiger partial charge in [-0.1, -0.05) is 25.2 Å². The summed E-state index contributed by atoms with van der Waals surface area (Å²) < 4.78 is 5.39. The minimum atomic E-state index is -1.06. The SMILES string of the molecule is C/C1=C/C=C/[C@](C)(O)CCC(=O)O[C@@H](C)[C@@H](C)CC[C@H]1O. The molecule has 2 N–H and O–H groups in total. The molecular weight excluding hydrogens is 268 g/mol. The third-order valence-electron chi connectivity index (χ3n) is 4.19. The highest BCUT2D eigenvalue weighted by Gasteiger charge is 2.22. The zero-order valence-corrected chi connectivity index (χ0v) is 13.5. The van der Waals surface area contributed by atoms with Gasteiger partial charge in [-0.3, -0.25) is 4.79 Å². The van der Waals surface area contributed by atoms with Crippen LogP contribution >= 0.6 is 0 Å². The predicted octanol–water partition coefficient (Wildman–Crippen LogP) is 2.74. The van der Waals surface area contributed by atoms with Crippen molar-refractivity contribution in [3.05, 3.63) is 23.8 Å². The van der Waals surface area contributed by atoms with Gasteiger partial charge in [-0.2, -0.15) is 0 Å². The fourth-order valence-corrected chi connectivity index (χ4v) is 2.22. The zero-order valence-electron chi connectivity index (χ0n) is 13.5. The van der Waals surface area contributed by atoms with E-state index in [1.54, 1.807) is 19.1 Å². The molecule has 0 bridgehead atoms. The van der Waals surface area contributed by atoms with Gasteiger partial charge in [0, 0.05) is 6.42 Å². The van der Waals surface area contributed by atoms with Crippen molar-refractivity contribution in [2.75, 3.05) is 0 Å². The van der Waals surface area contributed by atoms with Crippen molar-refractivity contribution in [3.63, 3.8) is 0 Å². The second kappa shape index (κ2) is 7.76. The van der Waals surface area contributed by atoms with Gasteiger partial charge in [0.1, 0.15) is 6.10 Å². The summed E-state index contributed by atoms with van der Waals surface area (Å²) >= 11 is 0. The topological polar surface area (TPSA) is 66.8 Å². The summed E-state index contributed by atoms with van der Waals surface area (Å²) in [5, 5.41) is 20.3. The standard InChI is InChI=1S/C17H28O4/c1-12-7-8-15(18)13(2)6-5-10-17(4,20)11-9-16(19)21-14(12)3/h5-6,10,12,14-15,18,20H,7-9,11H2,1-4H3/b10-5+,13-6-/t12-,14-,15+,17-/m0/s1. The molecule has 21 heavy (non-hydrogen) atoms. The van der Waals surface area contributed by atoms with Gasteiger partial charge in [0.2, 0.25) is 0 Å². The van der Waals surface area contributed by atoms with Crippen LogP contribution in [0.2, 0.25) is 0 Å². The van der Waals surface area contributed by atoms with Crippen LogP contribution in [0.3, 0.4) is 0 Å². The van der Waals surface area contributed by atoms with Gasteiger partial charge in [-0.05, 0) is 51.5 Å². The summed E-state index contributed by atoms with van der Waals surface area (Å²) in [7, 11) is 0. The molecule has 1 rings (SSSR count). The first kappa shape index (κ1) is 17.9. The number of ether oxygens (including phenoxy) is 1. The summed E-state index contributed by atoms with van der Waals surface area (Å²) in [6, 6.07) is 0. The predicted molar refractivity (Wildman–Crippen MR) is 82.7 cm³/mol. The zero-order chi connectivity index (χ0) is 16.0. The summed E-state index contributed by atoms with van der Waals surface area (Å²) in [4.78, 5) is 11.8. The molecular formula is C17H28O4. The second-order valence-corrected chi connectivity index (χ2v) is 6.39. The van der Waals surface area contributed by atoms with E-state index in [9.17, 15) is 15.0 Å². The lowest BCUT2D eigenvalue weighted by molar-refractivity contribution is -0.151. The number of carbonyl (C=O) groups excluding carboxylic acids is 1. The molecule has 0 aromatic heterocycles. The van der Waals surface area contributed by atoms with Gasteiger partial charge in [0.05, 0.1) is 11.7 Å². The quantitative estimate of drug-likeness (QED) is 0.675. The van der Waals surface area contributed by atoms with E-state index in [1.165, 1.54) is 0 Å². The Balaban J connectivity index is 2.88. The third kappa shape index (κ3) is 6.44. The molecule has 4 atom stereocenters. The number of hydrogen-bond acceptors (Lipinski definition) is 4. The van der Waals surface area contributed by atoms with Crippen molar-refractivity contribution < 1.29 is 19.7 Å². The molecule has 4 nitrogen and oxygen atoms in total. The fourth-order valence-electron chi connectivity index (χ4n) is 2.22. The maximum atomic E-state index is 11.8. The lowest BCUT2D eigenvalue weighted by Gasteiger charge is -2.24. The molecule has 120 valence electrons. The van der Waals surface area contributed by atoms with E-state index in [0.717, 1.165) is 12.0 Å². The number of esters is 1. The van der Waals surface area contributed by atoms with Crippen LogP contribution in [0.25, 0.3) is 0 Å². The first-order chi connectivity index (χ1) is 9.71. The van der Waals surface area contributed by atoms with Gasteiger partial charge >= 0.3 is 5.97 Å². The van der Waals surface area contributed by atoms with Crippen LogP contribution in [0.1, 0.15) is 53.4 Å².